The predicted molar refractivity (Wildman–Crippen MR) is 67.6 cm³/mol. The Hall–Kier alpha value is -2.03. The highest BCUT2D eigenvalue weighted by atomic mass is 16.1. The van der Waals surface area contributed by atoms with Crippen LogP contribution in [0, 0.1) is 6.92 Å². The minimum Gasteiger partial charge on any atom is -0.288 e. The lowest BCUT2D eigenvalue weighted by Crippen LogP contribution is -2.14. The van der Waals surface area contributed by atoms with Crippen LogP contribution in [-0.4, -0.2) is 18.2 Å². The van der Waals surface area contributed by atoms with Crippen molar-refractivity contribution in [3.05, 3.63) is 46.7 Å². The summed E-state index contributed by atoms with van der Waals surface area (Å²) in [5.74, 6) is 0.00130. The number of nitrogens with zero attached hydrogens (tertiary/aromatic N) is 2. The molecule has 1 atom stereocenters. The number of hydrogen-bond acceptors (Lipinski definition) is 3. The predicted octanol–water partition coefficient (Wildman–Crippen LogP) is 2.42. The first-order valence-electron chi connectivity index (χ1n) is 5.65. The highest BCUT2D eigenvalue weighted by Gasteiger charge is 2.28. The third kappa shape index (κ3) is 1.64. The Balaban J connectivity index is 2.07. The molecule has 2 aliphatic rings. The molecule has 0 aliphatic carbocycles. The van der Waals surface area contributed by atoms with Crippen molar-refractivity contribution in [3.63, 3.8) is 0 Å². The molecule has 84 valence electrons. The van der Waals surface area contributed by atoms with Crippen molar-refractivity contribution in [1.82, 2.24) is 0 Å². The van der Waals surface area contributed by atoms with E-state index in [0.717, 1.165) is 16.8 Å². The summed E-state index contributed by atoms with van der Waals surface area (Å²) in [6.45, 7) is 2.05. The topological polar surface area (TPSA) is 41.8 Å². The normalized spacial score (nSPS) is 22.2. The molecule has 0 radical (unpaired) electrons. The smallest absolute Gasteiger partial charge is 0.201 e. The number of benzene rings is 1. The Morgan fingerprint density at radius 2 is 2.24 bits per heavy atom. The second-order valence-electron chi connectivity index (χ2n) is 4.34. The van der Waals surface area contributed by atoms with E-state index in [-0.39, 0.29) is 11.8 Å². The van der Waals surface area contributed by atoms with Gasteiger partial charge < -0.3 is 0 Å². The first-order valence-corrected chi connectivity index (χ1v) is 5.65. The summed E-state index contributed by atoms with van der Waals surface area (Å²) in [5.41, 5.74) is 3.91. The standard InChI is InChI=1S/C14H12N2O/c1-9-3-2-4-10(7-9)13-14-11(5-6-15-14)12(17)8-16-13/h2-4,6-8,13H,5H2,1H3. The van der Waals surface area contributed by atoms with Crippen LogP contribution in [0.3, 0.4) is 0 Å². The third-order valence-corrected chi connectivity index (χ3v) is 3.09. The highest BCUT2D eigenvalue weighted by molar-refractivity contribution is 6.37. The number of rotatable bonds is 1. The zero-order chi connectivity index (χ0) is 11.8. The van der Waals surface area contributed by atoms with E-state index in [0.29, 0.717) is 6.42 Å². The van der Waals surface area contributed by atoms with Crippen LogP contribution in [0.1, 0.15) is 23.6 Å². The van der Waals surface area contributed by atoms with Crippen molar-refractivity contribution >= 4 is 18.2 Å². The summed E-state index contributed by atoms with van der Waals surface area (Å²) >= 11 is 0. The molecular weight excluding hydrogens is 212 g/mol. The largest absolute Gasteiger partial charge is 0.288 e. The van der Waals surface area contributed by atoms with E-state index in [4.69, 9.17) is 0 Å². The molecule has 0 saturated carbocycles. The van der Waals surface area contributed by atoms with Gasteiger partial charge in [0, 0.05) is 18.2 Å². The molecule has 0 saturated heterocycles. The van der Waals surface area contributed by atoms with Crippen molar-refractivity contribution in [1.29, 1.82) is 0 Å². The highest BCUT2D eigenvalue weighted by Crippen LogP contribution is 2.35. The van der Waals surface area contributed by atoms with Crippen LogP contribution in [0.2, 0.25) is 0 Å². The van der Waals surface area contributed by atoms with E-state index in [1.807, 2.05) is 12.1 Å². The number of ketones is 1. The Kier molecular flexibility index (Phi) is 2.25. The molecule has 1 unspecified atom stereocenters. The monoisotopic (exact) mass is 224 g/mol. The Morgan fingerprint density at radius 1 is 1.35 bits per heavy atom. The summed E-state index contributed by atoms with van der Waals surface area (Å²) in [6, 6.07) is 8.07. The van der Waals surface area contributed by atoms with Crippen LogP contribution in [0.5, 0.6) is 0 Å². The van der Waals surface area contributed by atoms with E-state index >= 15 is 0 Å². The molecule has 0 aromatic heterocycles. The molecule has 17 heavy (non-hydrogen) atoms. The molecule has 3 nitrogen and oxygen atoms in total. The number of aryl methyl sites for hydroxylation is 1. The number of allylic oxidation sites excluding steroid dienone is 1. The van der Waals surface area contributed by atoms with Crippen molar-refractivity contribution in [2.75, 3.05) is 0 Å². The Bertz CT molecular complexity index is 582. The van der Waals surface area contributed by atoms with E-state index in [1.54, 1.807) is 6.21 Å². The number of hydrogen-bond donors (Lipinski definition) is 0. The van der Waals surface area contributed by atoms with Gasteiger partial charge in [-0.05, 0) is 12.5 Å². The van der Waals surface area contributed by atoms with Crippen LogP contribution in [-0.2, 0) is 4.79 Å². The molecule has 2 heterocycles. The van der Waals surface area contributed by atoms with Crippen LogP contribution < -0.4 is 0 Å². The van der Waals surface area contributed by atoms with Gasteiger partial charge in [-0.2, -0.15) is 0 Å². The van der Waals surface area contributed by atoms with Gasteiger partial charge in [0.15, 0.2) is 0 Å². The first kappa shape index (κ1) is 10.1. The zero-order valence-corrected chi connectivity index (χ0v) is 9.55. The lowest BCUT2D eigenvalue weighted by atomic mass is 9.95. The average molecular weight is 224 g/mol. The summed E-state index contributed by atoms with van der Waals surface area (Å²) in [7, 11) is 0. The van der Waals surface area contributed by atoms with Gasteiger partial charge >= 0.3 is 0 Å². The summed E-state index contributed by atoms with van der Waals surface area (Å²) < 4.78 is 0. The molecule has 2 aliphatic heterocycles. The van der Waals surface area contributed by atoms with Gasteiger partial charge in [0.1, 0.15) is 6.04 Å². The van der Waals surface area contributed by atoms with Crippen molar-refractivity contribution in [3.8, 4) is 0 Å². The lowest BCUT2D eigenvalue weighted by Gasteiger charge is -2.17. The van der Waals surface area contributed by atoms with E-state index in [2.05, 4.69) is 29.0 Å². The second-order valence-corrected chi connectivity index (χ2v) is 4.34. The van der Waals surface area contributed by atoms with Crippen LogP contribution in [0.25, 0.3) is 0 Å². The van der Waals surface area contributed by atoms with Gasteiger partial charge in [-0.15, -0.1) is 0 Å². The van der Waals surface area contributed by atoms with Gasteiger partial charge in [0.05, 0.1) is 11.9 Å². The fraction of sp³-hybridized carbons (Fsp3) is 0.214. The SMILES string of the molecule is Cc1cccc(C2N=CC(=O)C3=C2N=CC3)c1. The zero-order valence-electron chi connectivity index (χ0n) is 9.55. The van der Waals surface area contributed by atoms with Gasteiger partial charge in [-0.25, -0.2) is 0 Å². The maximum Gasteiger partial charge on any atom is 0.201 e. The maximum atomic E-state index is 11.6. The second kappa shape index (κ2) is 3.77. The molecule has 1 aromatic carbocycles. The number of dihydropyridines is 1. The van der Waals surface area contributed by atoms with Crippen molar-refractivity contribution < 1.29 is 4.79 Å². The minimum absolute atomic E-state index is 0.00130. The van der Waals surface area contributed by atoms with E-state index < -0.39 is 0 Å². The van der Waals surface area contributed by atoms with Crippen LogP contribution in [0.4, 0.5) is 0 Å². The summed E-state index contributed by atoms with van der Waals surface area (Å²) in [6.07, 6.45) is 3.86. The van der Waals surface area contributed by atoms with Crippen LogP contribution >= 0.6 is 0 Å². The number of carbonyl (C=O) groups excluding carboxylic acids is 1. The quantitative estimate of drug-likeness (QED) is 0.722. The summed E-state index contributed by atoms with van der Waals surface area (Å²) in [5, 5.41) is 0. The fourth-order valence-corrected chi connectivity index (χ4v) is 2.26. The van der Waals surface area contributed by atoms with Gasteiger partial charge in [0.2, 0.25) is 5.78 Å². The maximum absolute atomic E-state index is 11.6. The first-order chi connectivity index (χ1) is 8.25. The van der Waals surface area contributed by atoms with E-state index in [1.165, 1.54) is 11.8 Å². The molecule has 0 N–H and O–H groups in total. The van der Waals surface area contributed by atoms with E-state index in [9.17, 15) is 4.79 Å². The third-order valence-electron chi connectivity index (χ3n) is 3.09. The average Bonchev–Trinajstić information content (AvgIpc) is 2.79. The molecule has 3 heteroatoms. The van der Waals surface area contributed by atoms with Gasteiger partial charge in [0.25, 0.3) is 0 Å². The lowest BCUT2D eigenvalue weighted by molar-refractivity contribution is -0.109. The number of aliphatic imine (C=N–C) groups is 2. The fourth-order valence-electron chi connectivity index (χ4n) is 2.26. The molecular formula is C14H12N2O. The molecule has 0 bridgehead atoms. The molecule has 0 fully saturated rings. The van der Waals surface area contributed by atoms with Crippen molar-refractivity contribution in [2.24, 2.45) is 9.98 Å². The Morgan fingerprint density at radius 3 is 3.06 bits per heavy atom. The number of carbonyl (C=O) groups is 1. The molecule has 3 rings (SSSR count). The molecule has 0 spiro atoms. The van der Waals surface area contributed by atoms with Gasteiger partial charge in [-0.1, -0.05) is 29.8 Å². The Labute approximate surface area is 99.6 Å². The van der Waals surface area contributed by atoms with Crippen molar-refractivity contribution in [2.45, 2.75) is 19.4 Å². The van der Waals surface area contributed by atoms with Crippen LogP contribution in [0.15, 0.2) is 45.5 Å². The summed E-state index contributed by atoms with van der Waals surface area (Å²) in [4.78, 5) is 20.3. The van der Waals surface area contributed by atoms with Gasteiger partial charge in [-0.3, -0.25) is 14.8 Å². The minimum atomic E-state index is -0.110. The molecule has 1 aromatic rings. The molecule has 0 amide bonds. The number of Topliss-reactive ketones (excluding diaryl/α,β-unsaturated/α-hetero) is 1.